The maximum absolute atomic E-state index is 12.4. The molecule has 158 valence electrons. The molecule has 0 unspecified atom stereocenters. The molecule has 1 N–H and O–H groups in total. The van der Waals surface area contributed by atoms with Crippen molar-refractivity contribution in [2.45, 2.75) is 25.2 Å². The lowest BCUT2D eigenvalue weighted by Crippen LogP contribution is -2.14. The molecular weight excluding hydrogens is 404 g/mol. The number of rotatable bonds is 10. The van der Waals surface area contributed by atoms with Crippen molar-refractivity contribution in [3.8, 4) is 22.9 Å². The average molecular weight is 429 g/mol. The number of hydrogen-bond donors (Lipinski definition) is 1. The molecule has 0 saturated heterocycles. The first-order valence-electron chi connectivity index (χ1n) is 9.31. The van der Waals surface area contributed by atoms with E-state index in [1.807, 2.05) is 22.4 Å². The minimum atomic E-state index is -0.166. The number of carbonyl (C=O) groups excluding carboxylic acids is 1. The second kappa shape index (κ2) is 9.97. The van der Waals surface area contributed by atoms with Gasteiger partial charge >= 0.3 is 0 Å². The van der Waals surface area contributed by atoms with Crippen molar-refractivity contribution in [3.05, 3.63) is 43.2 Å². The molecule has 9 nitrogen and oxygen atoms in total. The molecule has 1 amide bonds. The van der Waals surface area contributed by atoms with E-state index in [2.05, 4.69) is 27.2 Å². The molecule has 0 spiro atoms. The molecule has 0 bridgehead atoms. The van der Waals surface area contributed by atoms with Crippen LogP contribution in [-0.2, 0) is 17.9 Å². The van der Waals surface area contributed by atoms with Crippen molar-refractivity contribution >= 4 is 23.4 Å². The Morgan fingerprint density at radius 3 is 2.73 bits per heavy atom. The monoisotopic (exact) mass is 428 g/mol. The van der Waals surface area contributed by atoms with Crippen LogP contribution >= 0.6 is 11.8 Å². The summed E-state index contributed by atoms with van der Waals surface area (Å²) in [5.74, 6) is 1.85. The molecule has 0 fully saturated rings. The van der Waals surface area contributed by atoms with Crippen molar-refractivity contribution < 1.29 is 14.3 Å². The van der Waals surface area contributed by atoms with E-state index >= 15 is 0 Å². The predicted octanol–water partition coefficient (Wildman–Crippen LogP) is 3.10. The van der Waals surface area contributed by atoms with Gasteiger partial charge in [-0.15, -0.1) is 16.8 Å². The minimum absolute atomic E-state index is 0.166. The van der Waals surface area contributed by atoms with Gasteiger partial charge in [-0.05, 0) is 19.1 Å². The Labute approximate surface area is 179 Å². The summed E-state index contributed by atoms with van der Waals surface area (Å²) < 4.78 is 14.2. The maximum Gasteiger partial charge on any atom is 0.234 e. The molecule has 0 aliphatic heterocycles. The van der Waals surface area contributed by atoms with Crippen LogP contribution in [0.4, 0.5) is 5.69 Å². The molecule has 2 heterocycles. The van der Waals surface area contributed by atoms with Gasteiger partial charge in [0.15, 0.2) is 22.5 Å². The van der Waals surface area contributed by atoms with Crippen LogP contribution < -0.4 is 14.8 Å². The fourth-order valence-corrected chi connectivity index (χ4v) is 3.54. The van der Waals surface area contributed by atoms with Crippen molar-refractivity contribution in [3.63, 3.8) is 0 Å². The number of benzene rings is 1. The summed E-state index contributed by atoms with van der Waals surface area (Å²) in [7, 11) is 3.11. The van der Waals surface area contributed by atoms with Crippen LogP contribution in [0.2, 0.25) is 0 Å². The van der Waals surface area contributed by atoms with E-state index in [1.165, 1.54) is 11.8 Å². The summed E-state index contributed by atoms with van der Waals surface area (Å²) in [4.78, 5) is 12.4. The molecule has 0 saturated carbocycles. The number of nitrogens with one attached hydrogen (secondary N) is 1. The zero-order chi connectivity index (χ0) is 21.5. The van der Waals surface area contributed by atoms with E-state index in [4.69, 9.17) is 9.47 Å². The number of methoxy groups -OCH3 is 2. The summed E-state index contributed by atoms with van der Waals surface area (Å²) in [6.45, 7) is 7.12. The van der Waals surface area contributed by atoms with E-state index < -0.39 is 0 Å². The van der Waals surface area contributed by atoms with Gasteiger partial charge in [-0.25, -0.2) is 0 Å². The fraction of sp³-hybridized carbons (Fsp3) is 0.300. The number of thioether (sulfide) groups is 1. The third kappa shape index (κ3) is 4.82. The molecule has 0 aliphatic rings. The topological polar surface area (TPSA) is 96.1 Å². The lowest BCUT2D eigenvalue weighted by Gasteiger charge is -2.10. The summed E-state index contributed by atoms with van der Waals surface area (Å²) in [5, 5.41) is 16.3. The predicted molar refractivity (Wildman–Crippen MR) is 116 cm³/mol. The first-order valence-corrected chi connectivity index (χ1v) is 10.3. The van der Waals surface area contributed by atoms with Crippen LogP contribution in [0.15, 0.2) is 48.4 Å². The van der Waals surface area contributed by atoms with E-state index in [9.17, 15) is 4.79 Å². The summed E-state index contributed by atoms with van der Waals surface area (Å²) in [6, 6.07) is 5.21. The van der Waals surface area contributed by atoms with Gasteiger partial charge in [-0.2, -0.15) is 5.10 Å². The lowest BCUT2D eigenvalue weighted by molar-refractivity contribution is -0.113. The van der Waals surface area contributed by atoms with Crippen LogP contribution in [-0.4, -0.2) is 50.4 Å². The maximum atomic E-state index is 12.4. The summed E-state index contributed by atoms with van der Waals surface area (Å²) in [5.41, 5.74) is 1.49. The molecule has 1 aromatic carbocycles. The highest BCUT2D eigenvalue weighted by Crippen LogP contribution is 2.30. The van der Waals surface area contributed by atoms with Gasteiger partial charge in [0.2, 0.25) is 5.91 Å². The number of nitrogens with zero attached hydrogens (tertiary/aromatic N) is 5. The van der Waals surface area contributed by atoms with E-state index in [-0.39, 0.29) is 11.7 Å². The number of anilines is 1. The van der Waals surface area contributed by atoms with Crippen molar-refractivity contribution in [1.82, 2.24) is 24.5 Å². The van der Waals surface area contributed by atoms with Crippen LogP contribution in [0.5, 0.6) is 11.5 Å². The first-order chi connectivity index (χ1) is 14.6. The van der Waals surface area contributed by atoms with Crippen LogP contribution in [0, 0.1) is 0 Å². The van der Waals surface area contributed by atoms with Gasteiger partial charge in [0, 0.05) is 31.0 Å². The Bertz CT molecular complexity index is 1030. The SMILES string of the molecule is C=CCn1c(SCC(=O)Nc2ccc(OC)c(OC)c2)nnc1-c1cnn(CC)c1. The molecule has 3 aromatic rings. The Hall–Kier alpha value is -3.27. The number of hydrogen-bond acceptors (Lipinski definition) is 7. The second-order valence-corrected chi connectivity index (χ2v) is 7.14. The Morgan fingerprint density at radius 1 is 1.27 bits per heavy atom. The number of allylic oxidation sites excluding steroid dienone is 1. The molecule has 0 radical (unpaired) electrons. The second-order valence-electron chi connectivity index (χ2n) is 6.20. The molecule has 0 aliphatic carbocycles. The largest absolute Gasteiger partial charge is 0.493 e. The third-order valence-corrected chi connectivity index (χ3v) is 5.21. The van der Waals surface area contributed by atoms with E-state index in [0.717, 1.165) is 12.1 Å². The molecule has 30 heavy (non-hydrogen) atoms. The van der Waals surface area contributed by atoms with Crippen LogP contribution in [0.1, 0.15) is 6.92 Å². The smallest absolute Gasteiger partial charge is 0.234 e. The van der Waals surface area contributed by atoms with Crippen molar-refractivity contribution in [1.29, 1.82) is 0 Å². The van der Waals surface area contributed by atoms with Crippen molar-refractivity contribution in [2.24, 2.45) is 0 Å². The van der Waals surface area contributed by atoms with Crippen LogP contribution in [0.3, 0.4) is 0 Å². The molecular formula is C20H24N6O3S. The van der Waals surface area contributed by atoms with Crippen LogP contribution in [0.25, 0.3) is 11.4 Å². The molecule has 0 atom stereocenters. The number of aromatic nitrogens is 5. The highest BCUT2D eigenvalue weighted by Gasteiger charge is 2.16. The third-order valence-electron chi connectivity index (χ3n) is 4.24. The van der Waals surface area contributed by atoms with Gasteiger partial charge < -0.3 is 14.8 Å². The van der Waals surface area contributed by atoms with E-state index in [0.29, 0.717) is 34.7 Å². The quantitative estimate of drug-likeness (QED) is 0.391. The zero-order valence-corrected chi connectivity index (χ0v) is 18.0. The normalized spacial score (nSPS) is 10.6. The summed E-state index contributed by atoms with van der Waals surface area (Å²) >= 11 is 1.31. The van der Waals surface area contributed by atoms with Gasteiger partial charge in [-0.3, -0.25) is 14.0 Å². The zero-order valence-electron chi connectivity index (χ0n) is 17.2. The number of ether oxygens (including phenoxy) is 2. The van der Waals surface area contributed by atoms with Gasteiger partial charge in [0.25, 0.3) is 0 Å². The van der Waals surface area contributed by atoms with Gasteiger partial charge in [0.1, 0.15) is 0 Å². The first kappa shape index (κ1) is 21.4. The van der Waals surface area contributed by atoms with Gasteiger partial charge in [-0.1, -0.05) is 17.8 Å². The Balaban J connectivity index is 1.69. The molecule has 3 rings (SSSR count). The highest BCUT2D eigenvalue weighted by atomic mass is 32.2. The fourth-order valence-electron chi connectivity index (χ4n) is 2.80. The van der Waals surface area contributed by atoms with Gasteiger partial charge in [0.05, 0.1) is 31.7 Å². The Morgan fingerprint density at radius 2 is 2.07 bits per heavy atom. The number of aryl methyl sites for hydroxylation is 1. The average Bonchev–Trinajstić information content (AvgIpc) is 3.39. The lowest BCUT2D eigenvalue weighted by atomic mass is 10.2. The van der Waals surface area contributed by atoms with Crippen molar-refractivity contribution in [2.75, 3.05) is 25.3 Å². The number of carbonyl (C=O) groups is 1. The standard InChI is InChI=1S/C20H24N6O3S/c1-5-9-26-19(14-11-21-25(6-2)12-14)23-24-20(26)30-13-18(27)22-15-7-8-16(28-3)17(10-15)29-4/h5,7-8,10-12H,1,6,9,13H2,2-4H3,(H,22,27). The molecule has 2 aromatic heterocycles. The Kier molecular flexibility index (Phi) is 7.12. The van der Waals surface area contributed by atoms with E-state index in [1.54, 1.807) is 44.7 Å². The summed E-state index contributed by atoms with van der Waals surface area (Å²) in [6.07, 6.45) is 5.44. The highest BCUT2D eigenvalue weighted by molar-refractivity contribution is 7.99. The number of amides is 1. The molecule has 10 heteroatoms. The minimum Gasteiger partial charge on any atom is -0.493 e.